The van der Waals surface area contributed by atoms with Gasteiger partial charge in [0.2, 0.25) is 0 Å². The smallest absolute Gasteiger partial charge is 0.330 e. The third kappa shape index (κ3) is 4.12. The molecule has 0 bridgehead atoms. The lowest BCUT2D eigenvalue weighted by atomic mass is 9.97. The fourth-order valence-corrected chi connectivity index (χ4v) is 3.65. The molecule has 4 rings (SSSR count). The molecular formula is C25H25N5O2. The van der Waals surface area contributed by atoms with Gasteiger partial charge in [0.05, 0.1) is 11.2 Å². The molecule has 0 spiro atoms. The summed E-state index contributed by atoms with van der Waals surface area (Å²) in [4.78, 5) is 25.0. The van der Waals surface area contributed by atoms with Gasteiger partial charge in [-0.1, -0.05) is 33.4 Å². The number of nitrogens with zero attached hydrogens (tertiary/aromatic N) is 5. The van der Waals surface area contributed by atoms with Gasteiger partial charge < -0.3 is 9.58 Å². The van der Waals surface area contributed by atoms with Gasteiger partial charge in [0, 0.05) is 31.3 Å². The van der Waals surface area contributed by atoms with Crippen molar-refractivity contribution in [1.29, 1.82) is 0 Å². The van der Waals surface area contributed by atoms with E-state index in [2.05, 4.69) is 30.6 Å². The Bertz CT molecular complexity index is 1420. The molecule has 3 heterocycles. The van der Waals surface area contributed by atoms with E-state index >= 15 is 0 Å². The van der Waals surface area contributed by atoms with Gasteiger partial charge in [-0.3, -0.25) is 9.13 Å². The van der Waals surface area contributed by atoms with Crippen LogP contribution in [0.5, 0.6) is 11.5 Å². The average Bonchev–Trinajstić information content (AvgIpc) is 2.98. The van der Waals surface area contributed by atoms with Crippen molar-refractivity contribution >= 4 is 17.0 Å². The summed E-state index contributed by atoms with van der Waals surface area (Å²) < 4.78 is 9.35. The van der Waals surface area contributed by atoms with Gasteiger partial charge in [-0.2, -0.15) is 0 Å². The van der Waals surface area contributed by atoms with Crippen molar-refractivity contribution in [2.24, 2.45) is 12.5 Å². The third-order valence-corrected chi connectivity index (χ3v) is 5.17. The first kappa shape index (κ1) is 21.3. The summed E-state index contributed by atoms with van der Waals surface area (Å²) in [6.45, 7) is 16.1. The molecule has 0 aliphatic rings. The van der Waals surface area contributed by atoms with Crippen molar-refractivity contribution in [3.63, 3.8) is 0 Å². The monoisotopic (exact) mass is 427 g/mol. The van der Waals surface area contributed by atoms with E-state index in [1.807, 2.05) is 37.3 Å². The Hall–Kier alpha value is -3.92. The van der Waals surface area contributed by atoms with Crippen LogP contribution in [-0.4, -0.2) is 19.1 Å². The molecule has 0 aliphatic carbocycles. The predicted octanol–water partition coefficient (Wildman–Crippen LogP) is 5.49. The van der Waals surface area contributed by atoms with Crippen LogP contribution in [-0.2, 0) is 13.6 Å². The molecule has 3 aromatic heterocycles. The standard InChI is InChI=1S/C25H25N5O2/c1-16-7-8-17(32-18-11-12-27-22(14-18)26-5)13-19(16)20-9-10-21-23(28-20)29(6)24(31)30(21)15-25(2,3)4/h7-14H,15H2,1-4,6H3. The number of rotatable bonds is 4. The fourth-order valence-electron chi connectivity index (χ4n) is 3.65. The highest BCUT2D eigenvalue weighted by molar-refractivity contribution is 5.77. The molecule has 162 valence electrons. The zero-order valence-corrected chi connectivity index (χ0v) is 18.9. The minimum Gasteiger partial charge on any atom is -0.458 e. The van der Waals surface area contributed by atoms with Crippen LogP contribution >= 0.6 is 0 Å². The van der Waals surface area contributed by atoms with E-state index in [0.717, 1.165) is 22.3 Å². The maximum atomic E-state index is 12.8. The molecule has 0 saturated heterocycles. The molecule has 0 unspecified atom stereocenters. The predicted molar refractivity (Wildman–Crippen MR) is 125 cm³/mol. The highest BCUT2D eigenvalue weighted by atomic mass is 16.5. The molecule has 7 heteroatoms. The van der Waals surface area contributed by atoms with Crippen LogP contribution in [0.4, 0.5) is 5.82 Å². The second kappa shape index (κ2) is 7.97. The van der Waals surface area contributed by atoms with Crippen molar-refractivity contribution < 1.29 is 4.74 Å². The van der Waals surface area contributed by atoms with Gasteiger partial charge in [0.25, 0.3) is 5.82 Å². The topological polar surface area (TPSA) is 66.3 Å². The summed E-state index contributed by atoms with van der Waals surface area (Å²) in [7, 11) is 1.76. The number of fused-ring (bicyclic) bond motifs is 1. The first-order chi connectivity index (χ1) is 15.2. The number of pyridine rings is 2. The normalized spacial score (nSPS) is 11.5. The Morgan fingerprint density at radius 1 is 1.09 bits per heavy atom. The van der Waals surface area contributed by atoms with Crippen molar-refractivity contribution in [3.8, 4) is 22.8 Å². The van der Waals surface area contributed by atoms with Crippen LogP contribution in [0.3, 0.4) is 0 Å². The van der Waals surface area contributed by atoms with Gasteiger partial charge in [-0.15, -0.1) is 4.98 Å². The number of aromatic nitrogens is 4. The highest BCUT2D eigenvalue weighted by Crippen LogP contribution is 2.31. The maximum Gasteiger partial charge on any atom is 0.330 e. The largest absolute Gasteiger partial charge is 0.458 e. The molecule has 7 nitrogen and oxygen atoms in total. The lowest BCUT2D eigenvalue weighted by Crippen LogP contribution is -2.27. The van der Waals surface area contributed by atoms with Gasteiger partial charge in [0.15, 0.2) is 5.65 Å². The molecule has 32 heavy (non-hydrogen) atoms. The molecule has 0 amide bonds. The molecule has 0 fully saturated rings. The Morgan fingerprint density at radius 2 is 1.84 bits per heavy atom. The zero-order chi connectivity index (χ0) is 23.0. The number of hydrogen-bond donors (Lipinski definition) is 0. The fraction of sp³-hybridized carbons (Fsp3) is 0.280. The van der Waals surface area contributed by atoms with Crippen molar-refractivity contribution in [2.45, 2.75) is 34.2 Å². The summed E-state index contributed by atoms with van der Waals surface area (Å²) in [5.74, 6) is 1.46. The molecule has 0 atom stereocenters. The lowest BCUT2D eigenvalue weighted by molar-refractivity contribution is 0.342. The zero-order valence-electron chi connectivity index (χ0n) is 18.9. The van der Waals surface area contributed by atoms with Gasteiger partial charge >= 0.3 is 5.69 Å². The molecule has 4 aromatic rings. The molecular weight excluding hydrogens is 402 g/mol. The van der Waals surface area contributed by atoms with Crippen LogP contribution in [0.2, 0.25) is 0 Å². The van der Waals surface area contributed by atoms with E-state index in [0.29, 0.717) is 23.7 Å². The minimum atomic E-state index is -0.0679. The van der Waals surface area contributed by atoms with E-state index in [9.17, 15) is 4.79 Å². The van der Waals surface area contributed by atoms with Crippen molar-refractivity contribution in [2.75, 3.05) is 0 Å². The lowest BCUT2D eigenvalue weighted by Gasteiger charge is -2.18. The first-order valence-electron chi connectivity index (χ1n) is 10.3. The Kier molecular flexibility index (Phi) is 5.31. The second-order valence-corrected chi connectivity index (χ2v) is 9.07. The van der Waals surface area contributed by atoms with Gasteiger partial charge in [0.1, 0.15) is 17.7 Å². The number of imidazole rings is 1. The van der Waals surface area contributed by atoms with Gasteiger partial charge in [-0.25, -0.2) is 9.78 Å². The third-order valence-electron chi connectivity index (χ3n) is 5.17. The van der Waals surface area contributed by atoms with Crippen molar-refractivity contribution in [1.82, 2.24) is 19.1 Å². The summed E-state index contributed by atoms with van der Waals surface area (Å²) in [5.41, 5.74) is 4.10. The van der Waals surface area contributed by atoms with E-state index in [1.165, 1.54) is 0 Å². The van der Waals surface area contributed by atoms with Crippen LogP contribution in [0.1, 0.15) is 26.3 Å². The van der Waals surface area contributed by atoms with Crippen LogP contribution in [0.15, 0.2) is 53.5 Å². The maximum absolute atomic E-state index is 12.8. The second-order valence-electron chi connectivity index (χ2n) is 9.07. The SMILES string of the molecule is [C-]#[N+]c1cc(Oc2ccc(C)c(-c3ccc4c(n3)n(C)c(=O)n4CC(C)(C)C)c2)ccn1. The quantitative estimate of drug-likeness (QED) is 0.404. The summed E-state index contributed by atoms with van der Waals surface area (Å²) in [6.07, 6.45) is 1.55. The molecule has 0 aliphatic heterocycles. The number of benzene rings is 1. The van der Waals surface area contributed by atoms with Crippen LogP contribution in [0, 0.1) is 18.9 Å². The molecule has 1 aromatic carbocycles. The van der Waals surface area contributed by atoms with Crippen LogP contribution < -0.4 is 10.4 Å². The van der Waals surface area contributed by atoms with Gasteiger partial charge in [-0.05, 0) is 42.2 Å². The van der Waals surface area contributed by atoms with Crippen LogP contribution in [0.25, 0.3) is 27.3 Å². The molecule has 0 N–H and O–H groups in total. The van der Waals surface area contributed by atoms with E-state index in [4.69, 9.17) is 16.3 Å². The highest BCUT2D eigenvalue weighted by Gasteiger charge is 2.19. The number of ether oxygens (including phenoxy) is 1. The number of hydrogen-bond acceptors (Lipinski definition) is 4. The van der Waals surface area contributed by atoms with E-state index < -0.39 is 0 Å². The van der Waals surface area contributed by atoms with E-state index in [1.54, 1.807) is 34.5 Å². The summed E-state index contributed by atoms with van der Waals surface area (Å²) >= 11 is 0. The minimum absolute atomic E-state index is 0.0287. The summed E-state index contributed by atoms with van der Waals surface area (Å²) in [5, 5.41) is 0. The Balaban J connectivity index is 1.75. The summed E-state index contributed by atoms with van der Waals surface area (Å²) in [6, 6.07) is 13.0. The van der Waals surface area contributed by atoms with Crippen molar-refractivity contribution in [3.05, 3.63) is 76.1 Å². The average molecular weight is 428 g/mol. The first-order valence-corrected chi connectivity index (χ1v) is 10.3. The molecule has 0 saturated carbocycles. The molecule has 0 radical (unpaired) electrons. The van der Waals surface area contributed by atoms with E-state index in [-0.39, 0.29) is 16.9 Å². The number of aryl methyl sites for hydroxylation is 2. The Morgan fingerprint density at radius 3 is 2.56 bits per heavy atom. The Labute approximate surface area is 186 Å².